The number of aliphatic hydroxyl groups is 1. The van der Waals surface area contributed by atoms with E-state index in [1.54, 1.807) is 4.90 Å². The van der Waals surface area contributed by atoms with E-state index in [0.29, 0.717) is 11.8 Å². The molecule has 1 atom stereocenters. The molecule has 0 heterocycles. The Bertz CT molecular complexity index is 510. The number of carbonyl (C=O) groups is 1. The fourth-order valence-corrected chi connectivity index (χ4v) is 2.75. The van der Waals surface area contributed by atoms with Crippen molar-refractivity contribution in [2.45, 2.75) is 44.2 Å². The fraction of sp³-hybridized carbons (Fsp3) is 0.562. The van der Waals surface area contributed by atoms with Crippen molar-refractivity contribution in [1.29, 1.82) is 0 Å². The number of rotatable bonds is 4. The summed E-state index contributed by atoms with van der Waals surface area (Å²) in [5.74, 6) is 0.688. The van der Waals surface area contributed by atoms with Gasteiger partial charge >= 0.3 is 0 Å². The zero-order valence-electron chi connectivity index (χ0n) is 11.8. The van der Waals surface area contributed by atoms with Gasteiger partial charge in [-0.2, -0.15) is 0 Å². The van der Waals surface area contributed by atoms with Crippen LogP contribution in [0.2, 0.25) is 0 Å². The number of hydrogen-bond acceptors (Lipinski definition) is 3. The molecule has 0 aromatic heterocycles. The number of benzene rings is 1. The Balaban J connectivity index is 1.63. The summed E-state index contributed by atoms with van der Waals surface area (Å²) in [7, 11) is 1.83. The number of aliphatic hydroxyl groups excluding tert-OH is 1. The molecule has 1 unspecified atom stereocenters. The highest BCUT2D eigenvalue weighted by atomic mass is 16.5. The molecule has 0 radical (unpaired) electrons. The van der Waals surface area contributed by atoms with E-state index < -0.39 is 6.10 Å². The summed E-state index contributed by atoms with van der Waals surface area (Å²) in [6.07, 6.45) is 4.65. The third kappa shape index (κ3) is 2.80. The fourth-order valence-electron chi connectivity index (χ4n) is 2.75. The lowest BCUT2D eigenvalue weighted by molar-refractivity contribution is -0.132. The van der Waals surface area contributed by atoms with Crippen LogP contribution in [0.4, 0.5) is 0 Å². The van der Waals surface area contributed by atoms with Crippen molar-refractivity contribution in [2.24, 2.45) is 0 Å². The molecule has 1 fully saturated rings. The van der Waals surface area contributed by atoms with E-state index >= 15 is 0 Å². The molecule has 2 aliphatic rings. The van der Waals surface area contributed by atoms with E-state index in [0.717, 1.165) is 37.7 Å². The van der Waals surface area contributed by atoms with E-state index in [1.165, 1.54) is 5.56 Å². The molecule has 1 saturated carbocycles. The topological polar surface area (TPSA) is 49.8 Å². The lowest BCUT2D eigenvalue weighted by atomic mass is 9.89. The van der Waals surface area contributed by atoms with Crippen molar-refractivity contribution >= 4 is 5.91 Å². The van der Waals surface area contributed by atoms with Gasteiger partial charge in [-0.3, -0.25) is 4.79 Å². The van der Waals surface area contributed by atoms with Gasteiger partial charge in [-0.1, -0.05) is 6.07 Å². The van der Waals surface area contributed by atoms with E-state index in [4.69, 9.17) is 4.74 Å². The van der Waals surface area contributed by atoms with Gasteiger partial charge in [-0.25, -0.2) is 0 Å². The number of fused-ring (bicyclic) bond motifs is 1. The second-order valence-corrected chi connectivity index (χ2v) is 5.79. The van der Waals surface area contributed by atoms with Crippen LogP contribution in [0.1, 0.15) is 42.9 Å². The summed E-state index contributed by atoms with van der Waals surface area (Å²) >= 11 is 0. The third-order valence-corrected chi connectivity index (χ3v) is 4.25. The van der Waals surface area contributed by atoms with Crippen LogP contribution in [-0.2, 0) is 11.2 Å². The van der Waals surface area contributed by atoms with Gasteiger partial charge in [0.2, 0.25) is 0 Å². The van der Waals surface area contributed by atoms with E-state index in [2.05, 4.69) is 0 Å². The summed E-state index contributed by atoms with van der Waals surface area (Å²) in [4.78, 5) is 13.7. The smallest absolute Gasteiger partial charge is 0.260 e. The van der Waals surface area contributed by atoms with Crippen molar-refractivity contribution in [2.75, 3.05) is 13.7 Å². The minimum atomic E-state index is -0.396. The average Bonchev–Trinajstić information content (AvgIpc) is 3.29. The van der Waals surface area contributed by atoms with E-state index in [-0.39, 0.29) is 12.5 Å². The van der Waals surface area contributed by atoms with Crippen LogP contribution in [0.25, 0.3) is 0 Å². The Labute approximate surface area is 119 Å². The highest BCUT2D eigenvalue weighted by Gasteiger charge is 2.29. The molecule has 4 nitrogen and oxygen atoms in total. The van der Waals surface area contributed by atoms with Crippen LogP contribution >= 0.6 is 0 Å². The maximum Gasteiger partial charge on any atom is 0.260 e. The Morgan fingerprint density at radius 3 is 2.95 bits per heavy atom. The Kier molecular flexibility index (Phi) is 3.66. The number of ether oxygens (including phenoxy) is 1. The maximum absolute atomic E-state index is 11.9. The molecule has 0 spiro atoms. The molecule has 108 valence electrons. The molecule has 1 aromatic rings. The van der Waals surface area contributed by atoms with Crippen LogP contribution in [-0.4, -0.2) is 35.6 Å². The van der Waals surface area contributed by atoms with Crippen LogP contribution in [0.15, 0.2) is 18.2 Å². The zero-order valence-corrected chi connectivity index (χ0v) is 11.8. The SMILES string of the molecule is CN(C(=O)COc1ccc2c(c1)C(O)CCC2)C1CC1. The zero-order chi connectivity index (χ0) is 14.1. The van der Waals surface area contributed by atoms with Crippen molar-refractivity contribution in [3.05, 3.63) is 29.3 Å². The predicted molar refractivity (Wildman–Crippen MR) is 75.6 cm³/mol. The molecular formula is C16H21NO3. The van der Waals surface area contributed by atoms with Crippen LogP contribution in [0, 0.1) is 0 Å². The van der Waals surface area contributed by atoms with E-state index in [9.17, 15) is 9.90 Å². The first kappa shape index (κ1) is 13.4. The molecule has 1 aromatic carbocycles. The molecule has 0 bridgehead atoms. The van der Waals surface area contributed by atoms with Gasteiger partial charge in [0.15, 0.2) is 6.61 Å². The van der Waals surface area contributed by atoms with Crippen molar-refractivity contribution < 1.29 is 14.6 Å². The Morgan fingerprint density at radius 1 is 1.40 bits per heavy atom. The predicted octanol–water partition coefficient (Wildman–Crippen LogP) is 2.06. The first-order valence-corrected chi connectivity index (χ1v) is 7.34. The molecule has 4 heteroatoms. The molecule has 20 heavy (non-hydrogen) atoms. The number of amides is 1. The monoisotopic (exact) mass is 275 g/mol. The third-order valence-electron chi connectivity index (χ3n) is 4.25. The van der Waals surface area contributed by atoms with Crippen molar-refractivity contribution in [1.82, 2.24) is 4.90 Å². The molecular weight excluding hydrogens is 254 g/mol. The molecule has 0 saturated heterocycles. The molecule has 2 aliphatic carbocycles. The molecule has 3 rings (SSSR count). The second kappa shape index (κ2) is 5.44. The van der Waals surface area contributed by atoms with Gasteiger partial charge in [-0.05, 0) is 55.4 Å². The Morgan fingerprint density at radius 2 is 2.20 bits per heavy atom. The standard InChI is InChI=1S/C16H21NO3/c1-17(12-6-7-12)16(19)10-20-13-8-5-11-3-2-4-15(18)14(11)9-13/h5,8-9,12,15,18H,2-4,6-7,10H2,1H3. The number of nitrogens with zero attached hydrogens (tertiary/aromatic N) is 1. The Hall–Kier alpha value is -1.55. The summed E-state index contributed by atoms with van der Waals surface area (Å²) in [5, 5.41) is 10.0. The number of likely N-dealkylation sites (N-methyl/N-ethyl adjacent to an activating group) is 1. The lowest BCUT2D eigenvalue weighted by Gasteiger charge is -2.22. The highest BCUT2D eigenvalue weighted by Crippen LogP contribution is 2.32. The van der Waals surface area contributed by atoms with E-state index in [1.807, 2.05) is 25.2 Å². The second-order valence-electron chi connectivity index (χ2n) is 5.79. The number of hydrogen-bond donors (Lipinski definition) is 1. The molecule has 1 N–H and O–H groups in total. The summed E-state index contributed by atoms with van der Waals surface area (Å²) < 4.78 is 5.58. The number of aryl methyl sites for hydroxylation is 1. The van der Waals surface area contributed by atoms with Gasteiger partial charge in [0.25, 0.3) is 5.91 Å². The van der Waals surface area contributed by atoms with Gasteiger partial charge < -0.3 is 14.7 Å². The van der Waals surface area contributed by atoms with Crippen LogP contribution < -0.4 is 4.74 Å². The van der Waals surface area contributed by atoms with Gasteiger partial charge in [0, 0.05) is 13.1 Å². The largest absolute Gasteiger partial charge is 0.484 e. The molecule has 0 aliphatic heterocycles. The number of carbonyl (C=O) groups excluding carboxylic acids is 1. The van der Waals surface area contributed by atoms with Gasteiger partial charge in [-0.15, -0.1) is 0 Å². The lowest BCUT2D eigenvalue weighted by Crippen LogP contribution is -2.33. The summed E-state index contributed by atoms with van der Waals surface area (Å²) in [6.45, 7) is 0.0713. The van der Waals surface area contributed by atoms with Crippen LogP contribution in [0.5, 0.6) is 5.75 Å². The van der Waals surface area contributed by atoms with Gasteiger partial charge in [0.05, 0.1) is 6.10 Å². The molecule has 1 amide bonds. The van der Waals surface area contributed by atoms with Crippen LogP contribution in [0.3, 0.4) is 0 Å². The first-order valence-electron chi connectivity index (χ1n) is 7.34. The normalized spacial score (nSPS) is 21.2. The quantitative estimate of drug-likeness (QED) is 0.915. The average molecular weight is 275 g/mol. The van der Waals surface area contributed by atoms with Crippen molar-refractivity contribution in [3.63, 3.8) is 0 Å². The van der Waals surface area contributed by atoms with Crippen molar-refractivity contribution in [3.8, 4) is 5.75 Å². The first-order chi connectivity index (χ1) is 9.65. The maximum atomic E-state index is 11.9. The summed E-state index contributed by atoms with van der Waals surface area (Å²) in [6, 6.07) is 6.18. The van der Waals surface area contributed by atoms with Gasteiger partial charge in [0.1, 0.15) is 5.75 Å². The highest BCUT2D eigenvalue weighted by molar-refractivity contribution is 5.78. The summed E-state index contributed by atoms with van der Waals surface area (Å²) in [5.41, 5.74) is 2.15. The minimum absolute atomic E-state index is 0.0192. The minimum Gasteiger partial charge on any atom is -0.484 e.